The van der Waals surface area contributed by atoms with Gasteiger partial charge >= 0.3 is 0 Å². The van der Waals surface area contributed by atoms with Crippen LogP contribution < -0.4 is 10.2 Å². The minimum Gasteiger partial charge on any atom is -0.484 e. The molecule has 1 fully saturated rings. The first-order chi connectivity index (χ1) is 11.7. The summed E-state index contributed by atoms with van der Waals surface area (Å²) in [4.78, 5) is 11.7. The number of rotatable bonds is 6. The number of amides is 1. The van der Waals surface area contributed by atoms with Gasteiger partial charge in [0.05, 0.1) is 17.8 Å². The van der Waals surface area contributed by atoms with Gasteiger partial charge in [0.2, 0.25) is 0 Å². The second-order valence-electron chi connectivity index (χ2n) is 5.78. The number of carbonyl (C=O) groups is 1. The maximum absolute atomic E-state index is 11.7. The van der Waals surface area contributed by atoms with E-state index in [9.17, 15) is 4.79 Å². The first kappa shape index (κ1) is 15.8. The van der Waals surface area contributed by atoms with E-state index in [2.05, 4.69) is 17.5 Å². The topological polar surface area (TPSA) is 87.6 Å². The summed E-state index contributed by atoms with van der Waals surface area (Å²) in [6.45, 7) is 2.03. The summed E-state index contributed by atoms with van der Waals surface area (Å²) < 4.78 is 11.0. The molecular formula is C18H17N3O3. The molecule has 0 bridgehead atoms. The number of hydrazone groups is 1. The second kappa shape index (κ2) is 7.01. The Bertz CT molecular complexity index is 787. The summed E-state index contributed by atoms with van der Waals surface area (Å²) in [6.07, 6.45) is 2.63. The van der Waals surface area contributed by atoms with Gasteiger partial charge in [-0.25, -0.2) is 5.43 Å². The standard InChI is InChI=1S/C18H17N3O3/c1-12-8-16(12)17-7-6-15(24-17)10-20-21-18(22)11-23-14-4-2-13(9-19)3-5-14/h2-7,10,12,16H,8,11H2,1H3,(H,21,22)/b20-10-/t12-,16+/m0/s1. The number of nitriles is 1. The average molecular weight is 323 g/mol. The largest absolute Gasteiger partial charge is 0.484 e. The molecule has 1 heterocycles. The van der Waals surface area contributed by atoms with Gasteiger partial charge < -0.3 is 9.15 Å². The van der Waals surface area contributed by atoms with Gasteiger partial charge in [-0.05, 0) is 48.7 Å². The molecule has 1 N–H and O–H groups in total. The van der Waals surface area contributed by atoms with E-state index in [4.69, 9.17) is 14.4 Å². The fraction of sp³-hybridized carbons (Fsp3) is 0.278. The Kier molecular flexibility index (Phi) is 4.62. The zero-order valence-electron chi connectivity index (χ0n) is 13.2. The van der Waals surface area contributed by atoms with Crippen molar-refractivity contribution in [3.8, 4) is 11.8 Å². The molecule has 0 radical (unpaired) electrons. The lowest BCUT2D eigenvalue weighted by Crippen LogP contribution is -2.24. The number of hydrogen-bond donors (Lipinski definition) is 1. The Morgan fingerprint density at radius 3 is 2.83 bits per heavy atom. The number of ether oxygens (including phenoxy) is 1. The average Bonchev–Trinajstić information content (AvgIpc) is 3.14. The maximum atomic E-state index is 11.7. The van der Waals surface area contributed by atoms with E-state index < -0.39 is 0 Å². The monoisotopic (exact) mass is 323 g/mol. The molecule has 0 aliphatic heterocycles. The fourth-order valence-electron chi connectivity index (χ4n) is 2.33. The molecule has 0 unspecified atom stereocenters. The third-order valence-corrected chi connectivity index (χ3v) is 3.86. The molecule has 1 aromatic heterocycles. The third-order valence-electron chi connectivity index (χ3n) is 3.86. The maximum Gasteiger partial charge on any atom is 0.277 e. The summed E-state index contributed by atoms with van der Waals surface area (Å²) in [5.41, 5.74) is 2.92. The van der Waals surface area contributed by atoms with E-state index in [1.165, 1.54) is 6.21 Å². The van der Waals surface area contributed by atoms with Gasteiger partial charge in [-0.2, -0.15) is 10.4 Å². The van der Waals surface area contributed by atoms with E-state index >= 15 is 0 Å². The van der Waals surface area contributed by atoms with Gasteiger partial charge in [-0.1, -0.05) is 6.92 Å². The summed E-state index contributed by atoms with van der Waals surface area (Å²) >= 11 is 0. The number of benzene rings is 1. The van der Waals surface area contributed by atoms with Crippen LogP contribution in [0.5, 0.6) is 5.75 Å². The van der Waals surface area contributed by atoms with E-state index in [0.717, 1.165) is 12.2 Å². The van der Waals surface area contributed by atoms with Crippen molar-refractivity contribution in [2.75, 3.05) is 6.61 Å². The quantitative estimate of drug-likeness (QED) is 0.654. The lowest BCUT2D eigenvalue weighted by molar-refractivity contribution is -0.123. The van der Waals surface area contributed by atoms with E-state index in [1.54, 1.807) is 24.3 Å². The Labute approximate surface area is 139 Å². The summed E-state index contributed by atoms with van der Waals surface area (Å²) in [5, 5.41) is 12.6. The van der Waals surface area contributed by atoms with E-state index in [-0.39, 0.29) is 12.5 Å². The van der Waals surface area contributed by atoms with Crippen LogP contribution in [0.15, 0.2) is 45.9 Å². The molecule has 1 aliphatic carbocycles. The molecular weight excluding hydrogens is 306 g/mol. The number of furan rings is 1. The van der Waals surface area contributed by atoms with Crippen molar-refractivity contribution < 1.29 is 13.9 Å². The lowest BCUT2D eigenvalue weighted by atomic mass is 10.2. The highest BCUT2D eigenvalue weighted by molar-refractivity contribution is 5.81. The number of nitrogens with one attached hydrogen (secondary N) is 1. The van der Waals surface area contributed by atoms with Gasteiger partial charge in [-0.15, -0.1) is 0 Å². The van der Waals surface area contributed by atoms with Crippen LogP contribution >= 0.6 is 0 Å². The highest BCUT2D eigenvalue weighted by Crippen LogP contribution is 2.47. The van der Waals surface area contributed by atoms with Crippen LogP contribution in [0.25, 0.3) is 0 Å². The predicted octanol–water partition coefficient (Wildman–Crippen LogP) is 2.80. The van der Waals surface area contributed by atoms with Crippen molar-refractivity contribution in [3.05, 3.63) is 53.5 Å². The zero-order chi connectivity index (χ0) is 16.9. The molecule has 1 saturated carbocycles. The second-order valence-corrected chi connectivity index (χ2v) is 5.78. The van der Waals surface area contributed by atoms with Crippen molar-refractivity contribution in [2.24, 2.45) is 11.0 Å². The van der Waals surface area contributed by atoms with Gasteiger partial charge in [0.1, 0.15) is 17.3 Å². The van der Waals surface area contributed by atoms with Crippen LogP contribution in [0, 0.1) is 17.2 Å². The highest BCUT2D eigenvalue weighted by atomic mass is 16.5. The minimum absolute atomic E-state index is 0.160. The molecule has 1 aliphatic rings. The zero-order valence-corrected chi connectivity index (χ0v) is 13.2. The highest BCUT2D eigenvalue weighted by Gasteiger charge is 2.36. The molecule has 6 heteroatoms. The van der Waals surface area contributed by atoms with Crippen LogP contribution in [-0.2, 0) is 4.79 Å². The Morgan fingerprint density at radius 1 is 1.42 bits per heavy atom. The van der Waals surface area contributed by atoms with Crippen molar-refractivity contribution in [1.29, 1.82) is 5.26 Å². The molecule has 0 saturated heterocycles. The van der Waals surface area contributed by atoms with Crippen LogP contribution in [-0.4, -0.2) is 18.7 Å². The van der Waals surface area contributed by atoms with Crippen molar-refractivity contribution in [3.63, 3.8) is 0 Å². The van der Waals surface area contributed by atoms with Gasteiger partial charge in [0.25, 0.3) is 5.91 Å². The lowest BCUT2D eigenvalue weighted by Gasteiger charge is -2.04. The van der Waals surface area contributed by atoms with Crippen molar-refractivity contribution in [1.82, 2.24) is 5.43 Å². The third kappa shape index (κ3) is 4.02. The van der Waals surface area contributed by atoms with Crippen molar-refractivity contribution in [2.45, 2.75) is 19.3 Å². The Balaban J connectivity index is 1.43. The molecule has 2 atom stereocenters. The first-order valence-electron chi connectivity index (χ1n) is 7.70. The smallest absolute Gasteiger partial charge is 0.277 e. The van der Waals surface area contributed by atoms with Crippen LogP contribution in [0.1, 0.15) is 36.3 Å². The molecule has 0 spiro atoms. The summed E-state index contributed by atoms with van der Waals surface area (Å²) in [6, 6.07) is 12.3. The predicted molar refractivity (Wildman–Crippen MR) is 87.6 cm³/mol. The summed E-state index contributed by atoms with van der Waals surface area (Å²) in [7, 11) is 0. The van der Waals surface area contributed by atoms with Crippen molar-refractivity contribution >= 4 is 12.1 Å². The van der Waals surface area contributed by atoms with Crippen LogP contribution in [0.3, 0.4) is 0 Å². The number of nitrogens with zero attached hydrogens (tertiary/aromatic N) is 2. The molecule has 24 heavy (non-hydrogen) atoms. The number of carbonyl (C=O) groups excluding carboxylic acids is 1. The van der Waals surface area contributed by atoms with Gasteiger partial charge in [0.15, 0.2) is 6.61 Å². The fourth-order valence-corrected chi connectivity index (χ4v) is 2.33. The van der Waals surface area contributed by atoms with Crippen LogP contribution in [0.2, 0.25) is 0 Å². The van der Waals surface area contributed by atoms with E-state index in [0.29, 0.717) is 28.9 Å². The van der Waals surface area contributed by atoms with Gasteiger partial charge in [-0.3, -0.25) is 4.79 Å². The number of hydrogen-bond acceptors (Lipinski definition) is 5. The molecule has 6 nitrogen and oxygen atoms in total. The SMILES string of the molecule is C[C@H]1C[C@H]1c1ccc(/C=N\NC(=O)COc2ccc(C#N)cc2)o1. The normalized spacial score (nSPS) is 19.0. The molecule has 1 amide bonds. The first-order valence-corrected chi connectivity index (χ1v) is 7.70. The molecule has 122 valence electrons. The Morgan fingerprint density at radius 2 is 2.17 bits per heavy atom. The van der Waals surface area contributed by atoms with Gasteiger partial charge in [0, 0.05) is 5.92 Å². The van der Waals surface area contributed by atoms with E-state index in [1.807, 2.05) is 18.2 Å². The minimum atomic E-state index is -0.377. The molecule has 3 rings (SSSR count). The summed E-state index contributed by atoms with van der Waals surface area (Å²) in [5.74, 6) is 2.92. The Hall–Kier alpha value is -3.07. The molecule has 2 aromatic rings. The molecule has 1 aromatic carbocycles. The van der Waals surface area contributed by atoms with Crippen LogP contribution in [0.4, 0.5) is 0 Å².